The van der Waals surface area contributed by atoms with E-state index in [1.54, 1.807) is 29.7 Å². The fourth-order valence-electron chi connectivity index (χ4n) is 4.36. The van der Waals surface area contributed by atoms with Crippen LogP contribution in [-0.4, -0.2) is 26.6 Å². The van der Waals surface area contributed by atoms with Crippen molar-refractivity contribution in [1.82, 2.24) is 19.5 Å². The van der Waals surface area contributed by atoms with E-state index in [0.29, 0.717) is 58.4 Å². The number of amides is 1. The van der Waals surface area contributed by atoms with Gasteiger partial charge in [0.2, 0.25) is 0 Å². The van der Waals surface area contributed by atoms with Gasteiger partial charge in [-0.1, -0.05) is 60.5 Å². The Morgan fingerprint density at radius 2 is 1.89 bits per heavy atom. The molecule has 2 aromatic carbocycles. The van der Waals surface area contributed by atoms with E-state index in [0.717, 1.165) is 17.5 Å². The van der Waals surface area contributed by atoms with Crippen molar-refractivity contribution in [3.8, 4) is 0 Å². The zero-order valence-corrected chi connectivity index (χ0v) is 21.8. The molecule has 0 spiro atoms. The summed E-state index contributed by atoms with van der Waals surface area (Å²) >= 11 is 12.7. The summed E-state index contributed by atoms with van der Waals surface area (Å²) in [6.45, 7) is 4.57. The van der Waals surface area contributed by atoms with Gasteiger partial charge >= 0.3 is 5.69 Å². The van der Waals surface area contributed by atoms with Crippen LogP contribution < -0.4 is 16.7 Å². The van der Waals surface area contributed by atoms with Gasteiger partial charge in [-0.05, 0) is 68.1 Å². The first-order chi connectivity index (χ1) is 17.3. The van der Waals surface area contributed by atoms with E-state index in [1.165, 1.54) is 4.52 Å². The minimum Gasteiger partial charge on any atom is -0.344 e. The van der Waals surface area contributed by atoms with Crippen LogP contribution in [0, 0.1) is 6.92 Å². The number of aromatic nitrogens is 3. The zero-order chi connectivity index (χ0) is 25.8. The van der Waals surface area contributed by atoms with E-state index in [2.05, 4.69) is 10.4 Å². The number of carbonyl (C=O) groups is 1. The Balaban J connectivity index is 1.78. The number of fused-ring (bicyclic) bond motifs is 1. The third-order valence-electron chi connectivity index (χ3n) is 6.25. The molecule has 0 saturated heterocycles. The number of nitrogens with two attached hydrogens (primary N) is 1. The Hall–Kier alpha value is -3.13. The van der Waals surface area contributed by atoms with Crippen molar-refractivity contribution >= 4 is 34.6 Å². The van der Waals surface area contributed by atoms with Crippen LogP contribution in [0.4, 0.5) is 0 Å². The van der Waals surface area contributed by atoms with Crippen LogP contribution in [0.15, 0.2) is 59.4 Å². The second-order valence-corrected chi connectivity index (χ2v) is 9.56. The second-order valence-electron chi connectivity index (χ2n) is 8.75. The third kappa shape index (κ3) is 5.33. The van der Waals surface area contributed by atoms with Gasteiger partial charge in [-0.3, -0.25) is 9.36 Å². The number of nitrogens with one attached hydrogen (secondary N) is 1. The van der Waals surface area contributed by atoms with E-state index in [9.17, 15) is 9.59 Å². The first kappa shape index (κ1) is 25.9. The minimum atomic E-state index is -0.441. The first-order valence-corrected chi connectivity index (χ1v) is 12.7. The molecular weight excluding hydrogens is 497 g/mol. The molecule has 1 unspecified atom stereocenters. The number of aryl methyl sites for hydroxylation is 2. The lowest BCUT2D eigenvalue weighted by Gasteiger charge is -2.23. The standard InChI is InChI=1S/C27H29Cl2N5O2/c1-3-22(31-26(35)21-12-11-20(28)14-19(21)10-7-13-30)23-15-24-25(29)17(2)32-34(24)27(36)33(23)16-18-8-5-4-6-9-18/h4-6,8-9,11-12,14-15,22H,3,7,10,13,16,30H2,1-2H3,(H,31,35). The van der Waals surface area contributed by atoms with Crippen LogP contribution in [0.5, 0.6) is 0 Å². The first-order valence-electron chi connectivity index (χ1n) is 12.0. The molecule has 1 atom stereocenters. The van der Waals surface area contributed by atoms with Crippen LogP contribution >= 0.6 is 23.2 Å². The van der Waals surface area contributed by atoms with Gasteiger partial charge in [0.25, 0.3) is 5.91 Å². The summed E-state index contributed by atoms with van der Waals surface area (Å²) in [4.78, 5) is 27.0. The highest BCUT2D eigenvalue weighted by Gasteiger charge is 2.23. The van der Waals surface area contributed by atoms with Crippen molar-refractivity contribution in [1.29, 1.82) is 0 Å². The average molecular weight is 526 g/mol. The Bertz CT molecular complexity index is 1450. The van der Waals surface area contributed by atoms with Gasteiger partial charge in [0, 0.05) is 16.3 Å². The van der Waals surface area contributed by atoms with Crippen molar-refractivity contribution < 1.29 is 4.79 Å². The largest absolute Gasteiger partial charge is 0.349 e. The van der Waals surface area contributed by atoms with Crippen LogP contribution in [0.3, 0.4) is 0 Å². The van der Waals surface area contributed by atoms with Crippen LogP contribution in [0.25, 0.3) is 5.52 Å². The van der Waals surface area contributed by atoms with E-state index >= 15 is 0 Å². The third-order valence-corrected chi connectivity index (χ3v) is 6.95. The summed E-state index contributed by atoms with van der Waals surface area (Å²) in [7, 11) is 0. The van der Waals surface area contributed by atoms with Gasteiger partial charge in [-0.2, -0.15) is 9.61 Å². The van der Waals surface area contributed by atoms with Crippen molar-refractivity contribution in [2.45, 2.75) is 45.7 Å². The molecule has 36 heavy (non-hydrogen) atoms. The highest BCUT2D eigenvalue weighted by Crippen LogP contribution is 2.26. The Kier molecular flexibility index (Phi) is 8.14. The van der Waals surface area contributed by atoms with Gasteiger partial charge in [0.1, 0.15) is 0 Å². The molecule has 1 amide bonds. The molecule has 7 nitrogen and oxygen atoms in total. The van der Waals surface area contributed by atoms with E-state index in [-0.39, 0.29) is 11.6 Å². The fraction of sp³-hybridized carbons (Fsp3) is 0.296. The van der Waals surface area contributed by atoms with Crippen LogP contribution in [0.2, 0.25) is 10.0 Å². The Labute approximate surface area is 219 Å². The second kappa shape index (κ2) is 11.3. The summed E-state index contributed by atoms with van der Waals surface area (Å²) in [5, 5.41) is 8.46. The molecule has 9 heteroatoms. The van der Waals surface area contributed by atoms with E-state index in [4.69, 9.17) is 28.9 Å². The maximum atomic E-state index is 13.6. The van der Waals surface area contributed by atoms with E-state index in [1.807, 2.05) is 43.3 Å². The molecule has 2 heterocycles. The molecule has 2 aromatic heterocycles. The number of hydrogen-bond donors (Lipinski definition) is 2. The van der Waals surface area contributed by atoms with Crippen molar-refractivity contribution in [3.05, 3.63) is 103 Å². The highest BCUT2D eigenvalue weighted by molar-refractivity contribution is 6.34. The van der Waals surface area contributed by atoms with Crippen LogP contribution in [0.1, 0.15) is 58.7 Å². The average Bonchev–Trinajstić information content (AvgIpc) is 3.17. The number of nitrogens with zero attached hydrogens (tertiary/aromatic N) is 3. The molecule has 3 N–H and O–H groups in total. The molecule has 4 rings (SSSR count). The predicted octanol–water partition coefficient (Wildman–Crippen LogP) is 4.93. The monoisotopic (exact) mass is 525 g/mol. The van der Waals surface area contributed by atoms with Gasteiger partial charge in [-0.25, -0.2) is 4.79 Å². The molecule has 188 valence electrons. The minimum absolute atomic E-state index is 0.236. The van der Waals surface area contributed by atoms with Crippen molar-refractivity contribution in [2.24, 2.45) is 5.73 Å². The summed E-state index contributed by atoms with van der Waals surface area (Å²) < 4.78 is 2.97. The normalized spacial score (nSPS) is 12.1. The summed E-state index contributed by atoms with van der Waals surface area (Å²) in [5.41, 5.74) is 9.46. The molecule has 0 fully saturated rings. The lowest BCUT2D eigenvalue weighted by Crippen LogP contribution is -2.36. The molecule has 0 aliphatic carbocycles. The topological polar surface area (TPSA) is 94.4 Å². The summed E-state index contributed by atoms with van der Waals surface area (Å²) in [5.74, 6) is -0.236. The number of benzene rings is 2. The molecule has 0 aliphatic rings. The predicted molar refractivity (Wildman–Crippen MR) is 144 cm³/mol. The lowest BCUT2D eigenvalue weighted by molar-refractivity contribution is 0.0932. The fourth-order valence-corrected chi connectivity index (χ4v) is 4.72. The molecule has 0 bridgehead atoms. The van der Waals surface area contributed by atoms with Gasteiger partial charge < -0.3 is 11.1 Å². The molecule has 4 aromatic rings. The molecule has 0 saturated carbocycles. The van der Waals surface area contributed by atoms with Gasteiger partial charge in [-0.15, -0.1) is 0 Å². The summed E-state index contributed by atoms with van der Waals surface area (Å²) in [6, 6.07) is 16.3. The van der Waals surface area contributed by atoms with Crippen molar-refractivity contribution in [3.63, 3.8) is 0 Å². The smallest absolute Gasteiger partial charge is 0.344 e. The Morgan fingerprint density at radius 1 is 1.14 bits per heavy atom. The quantitative estimate of drug-likeness (QED) is 0.323. The van der Waals surface area contributed by atoms with Crippen molar-refractivity contribution in [2.75, 3.05) is 6.54 Å². The maximum absolute atomic E-state index is 13.6. The number of halogens is 2. The number of rotatable bonds is 9. The summed E-state index contributed by atoms with van der Waals surface area (Å²) in [6.07, 6.45) is 1.95. The molecule has 0 radical (unpaired) electrons. The Morgan fingerprint density at radius 3 is 2.58 bits per heavy atom. The van der Waals surface area contributed by atoms with Gasteiger partial charge in [0.05, 0.1) is 28.8 Å². The van der Waals surface area contributed by atoms with Gasteiger partial charge in [0.15, 0.2) is 0 Å². The van der Waals surface area contributed by atoms with Crippen LogP contribution in [-0.2, 0) is 13.0 Å². The molecule has 0 aliphatic heterocycles. The zero-order valence-electron chi connectivity index (χ0n) is 20.3. The number of carbonyl (C=O) groups excluding carboxylic acids is 1. The molecular formula is C27H29Cl2N5O2. The lowest BCUT2D eigenvalue weighted by atomic mass is 10.0. The highest BCUT2D eigenvalue weighted by atomic mass is 35.5. The SMILES string of the molecule is CCC(NC(=O)c1ccc(Cl)cc1CCCN)c1cc2c(Cl)c(C)nn2c(=O)n1Cc1ccccc1. The van der Waals surface area contributed by atoms with E-state index < -0.39 is 6.04 Å². The maximum Gasteiger partial charge on any atom is 0.349 e. The number of hydrogen-bond acceptors (Lipinski definition) is 4.